The molecule has 1 saturated carbocycles. The molecule has 0 aromatic heterocycles. The Kier molecular flexibility index (Phi) is 6.62. The number of piperazine rings is 1. The lowest BCUT2D eigenvalue weighted by Gasteiger charge is -2.43. The molecule has 3 nitrogen and oxygen atoms in total. The zero-order valence-electron chi connectivity index (χ0n) is 13.0. The maximum Gasteiger partial charge on any atom is 0.0625 e. The summed E-state index contributed by atoms with van der Waals surface area (Å²) in [4.78, 5) is 5.41. The van der Waals surface area contributed by atoms with Crippen molar-refractivity contribution in [2.75, 3.05) is 39.3 Å². The fourth-order valence-electron chi connectivity index (χ4n) is 3.88. The van der Waals surface area contributed by atoms with Crippen LogP contribution in [0.1, 0.15) is 52.4 Å². The molecule has 1 N–H and O–H groups in total. The number of nitrogens with zero attached hydrogens (tertiary/aromatic N) is 2. The Bertz CT molecular complexity index is 228. The van der Waals surface area contributed by atoms with E-state index in [1.54, 1.807) is 0 Å². The van der Waals surface area contributed by atoms with Crippen molar-refractivity contribution in [1.29, 1.82) is 0 Å². The number of hydrogen-bond acceptors (Lipinski definition) is 3. The van der Waals surface area contributed by atoms with Crippen LogP contribution in [0.3, 0.4) is 0 Å². The van der Waals surface area contributed by atoms with Gasteiger partial charge in [-0.25, -0.2) is 0 Å². The molecular formula is C16H33N3. The second-order valence-electron chi connectivity index (χ2n) is 6.23. The highest BCUT2D eigenvalue weighted by molar-refractivity contribution is 4.80. The maximum absolute atomic E-state index is 3.49. The van der Waals surface area contributed by atoms with E-state index in [0.717, 1.165) is 5.92 Å². The summed E-state index contributed by atoms with van der Waals surface area (Å²) in [5.41, 5.74) is 0. The second-order valence-corrected chi connectivity index (χ2v) is 6.23. The summed E-state index contributed by atoms with van der Waals surface area (Å²) in [5, 5.41) is 3.49. The first kappa shape index (κ1) is 15.3. The minimum absolute atomic E-state index is 0.695. The molecule has 0 spiro atoms. The molecule has 1 unspecified atom stereocenters. The highest BCUT2D eigenvalue weighted by Gasteiger charge is 2.28. The smallest absolute Gasteiger partial charge is 0.0625 e. The van der Waals surface area contributed by atoms with E-state index in [9.17, 15) is 0 Å². The third-order valence-electron chi connectivity index (χ3n) is 5.08. The van der Waals surface area contributed by atoms with Gasteiger partial charge in [-0.1, -0.05) is 46.0 Å². The van der Waals surface area contributed by atoms with Crippen molar-refractivity contribution in [1.82, 2.24) is 15.1 Å². The lowest BCUT2D eigenvalue weighted by molar-refractivity contribution is 0.0188. The molecule has 1 saturated heterocycles. The average molecular weight is 267 g/mol. The van der Waals surface area contributed by atoms with Crippen molar-refractivity contribution in [2.24, 2.45) is 5.92 Å². The highest BCUT2D eigenvalue weighted by atomic mass is 15.4. The molecule has 3 heteroatoms. The van der Waals surface area contributed by atoms with Gasteiger partial charge in [0, 0.05) is 26.2 Å². The fraction of sp³-hybridized carbons (Fsp3) is 1.00. The molecular weight excluding hydrogens is 234 g/mol. The van der Waals surface area contributed by atoms with Crippen molar-refractivity contribution in [3.63, 3.8) is 0 Å². The van der Waals surface area contributed by atoms with E-state index >= 15 is 0 Å². The van der Waals surface area contributed by atoms with Gasteiger partial charge in [0.25, 0.3) is 0 Å². The van der Waals surface area contributed by atoms with Gasteiger partial charge in [0.15, 0.2) is 0 Å². The van der Waals surface area contributed by atoms with Crippen molar-refractivity contribution in [3.05, 3.63) is 0 Å². The largest absolute Gasteiger partial charge is 0.314 e. The van der Waals surface area contributed by atoms with E-state index < -0.39 is 0 Å². The zero-order chi connectivity index (χ0) is 13.5. The van der Waals surface area contributed by atoms with Gasteiger partial charge in [0.2, 0.25) is 0 Å². The lowest BCUT2D eigenvalue weighted by Crippen LogP contribution is -2.55. The van der Waals surface area contributed by atoms with Gasteiger partial charge in [-0.3, -0.25) is 9.80 Å². The van der Waals surface area contributed by atoms with E-state index in [1.807, 2.05) is 0 Å². The Morgan fingerprint density at radius 2 is 1.68 bits per heavy atom. The predicted octanol–water partition coefficient (Wildman–Crippen LogP) is 2.53. The van der Waals surface area contributed by atoms with E-state index in [4.69, 9.17) is 0 Å². The summed E-state index contributed by atoms with van der Waals surface area (Å²) < 4.78 is 0. The van der Waals surface area contributed by atoms with Crippen LogP contribution in [-0.2, 0) is 0 Å². The fourth-order valence-corrected chi connectivity index (χ4v) is 3.88. The molecule has 2 fully saturated rings. The van der Waals surface area contributed by atoms with E-state index in [0.29, 0.717) is 6.17 Å². The number of nitrogens with one attached hydrogen (secondary N) is 1. The van der Waals surface area contributed by atoms with E-state index in [1.165, 1.54) is 77.8 Å². The summed E-state index contributed by atoms with van der Waals surface area (Å²) in [6.45, 7) is 11.8. The van der Waals surface area contributed by atoms with Gasteiger partial charge >= 0.3 is 0 Å². The van der Waals surface area contributed by atoms with Gasteiger partial charge in [-0.15, -0.1) is 0 Å². The standard InChI is InChI=1S/C16H33N3/c1-3-18(4-2)16(19-12-10-17-11-13-19)14-15-8-6-5-7-9-15/h15-17H,3-14H2,1-2H3. The van der Waals surface area contributed by atoms with Crippen molar-refractivity contribution in [3.8, 4) is 0 Å². The van der Waals surface area contributed by atoms with Gasteiger partial charge in [0.1, 0.15) is 0 Å². The number of hydrogen-bond donors (Lipinski definition) is 1. The van der Waals surface area contributed by atoms with Crippen LogP contribution in [0.5, 0.6) is 0 Å². The van der Waals surface area contributed by atoms with Crippen LogP contribution >= 0.6 is 0 Å². The normalized spacial score (nSPS) is 24.8. The van der Waals surface area contributed by atoms with Crippen molar-refractivity contribution in [2.45, 2.75) is 58.5 Å². The van der Waals surface area contributed by atoms with Crippen LogP contribution in [0.2, 0.25) is 0 Å². The minimum Gasteiger partial charge on any atom is -0.314 e. The molecule has 2 aliphatic rings. The van der Waals surface area contributed by atoms with Crippen LogP contribution < -0.4 is 5.32 Å². The second kappa shape index (κ2) is 8.23. The molecule has 1 aliphatic carbocycles. The molecule has 0 aromatic rings. The molecule has 0 radical (unpaired) electrons. The van der Waals surface area contributed by atoms with Crippen molar-refractivity contribution >= 4 is 0 Å². The maximum atomic E-state index is 3.49. The molecule has 112 valence electrons. The Labute approximate surface area is 119 Å². The quantitative estimate of drug-likeness (QED) is 0.798. The van der Waals surface area contributed by atoms with Crippen LogP contribution in [0.15, 0.2) is 0 Å². The first-order valence-electron chi connectivity index (χ1n) is 8.54. The summed E-state index contributed by atoms with van der Waals surface area (Å²) in [7, 11) is 0. The Morgan fingerprint density at radius 3 is 2.26 bits per heavy atom. The van der Waals surface area contributed by atoms with Gasteiger partial charge in [0.05, 0.1) is 6.17 Å². The van der Waals surface area contributed by atoms with Gasteiger partial charge in [-0.05, 0) is 25.4 Å². The van der Waals surface area contributed by atoms with Gasteiger partial charge < -0.3 is 5.32 Å². The molecule has 0 bridgehead atoms. The zero-order valence-corrected chi connectivity index (χ0v) is 13.0. The van der Waals surface area contributed by atoms with Gasteiger partial charge in [-0.2, -0.15) is 0 Å². The molecule has 1 heterocycles. The molecule has 2 rings (SSSR count). The summed E-state index contributed by atoms with van der Waals surface area (Å²) in [5.74, 6) is 0.981. The Morgan fingerprint density at radius 1 is 1.05 bits per heavy atom. The molecule has 0 aromatic carbocycles. The van der Waals surface area contributed by atoms with Crippen LogP contribution in [-0.4, -0.2) is 55.2 Å². The summed E-state index contributed by atoms with van der Waals surface area (Å²) in [6.07, 6.45) is 9.46. The predicted molar refractivity (Wildman–Crippen MR) is 82.3 cm³/mol. The average Bonchev–Trinajstić information content (AvgIpc) is 2.49. The van der Waals surface area contributed by atoms with Crippen LogP contribution in [0.4, 0.5) is 0 Å². The van der Waals surface area contributed by atoms with Crippen molar-refractivity contribution < 1.29 is 0 Å². The summed E-state index contributed by atoms with van der Waals surface area (Å²) in [6, 6.07) is 0. The van der Waals surface area contributed by atoms with E-state index in [2.05, 4.69) is 29.0 Å². The number of rotatable bonds is 6. The molecule has 19 heavy (non-hydrogen) atoms. The van der Waals surface area contributed by atoms with Crippen LogP contribution in [0, 0.1) is 5.92 Å². The topological polar surface area (TPSA) is 18.5 Å². The third-order valence-corrected chi connectivity index (χ3v) is 5.08. The Hall–Kier alpha value is -0.120. The molecule has 0 amide bonds. The SMILES string of the molecule is CCN(CC)C(CC1CCCCC1)N1CCNCC1. The minimum atomic E-state index is 0.695. The Balaban J connectivity index is 1.95. The van der Waals surface area contributed by atoms with Crippen LogP contribution in [0.25, 0.3) is 0 Å². The van der Waals surface area contributed by atoms with E-state index in [-0.39, 0.29) is 0 Å². The third kappa shape index (κ3) is 4.44. The monoisotopic (exact) mass is 267 g/mol. The summed E-state index contributed by atoms with van der Waals surface area (Å²) >= 11 is 0. The lowest BCUT2D eigenvalue weighted by atomic mass is 9.85. The first-order valence-corrected chi connectivity index (χ1v) is 8.54. The molecule has 1 aliphatic heterocycles. The molecule has 1 atom stereocenters. The first-order chi connectivity index (χ1) is 9.35. The highest BCUT2D eigenvalue weighted by Crippen LogP contribution is 2.29.